The molecule has 3 rings (SSSR count). The summed E-state index contributed by atoms with van der Waals surface area (Å²) < 4.78 is 4.88. The second-order valence-electron chi connectivity index (χ2n) is 4.89. The van der Waals surface area contributed by atoms with Gasteiger partial charge in [-0.3, -0.25) is 4.79 Å². The minimum Gasteiger partial charge on any atom is -0.339 e. The third-order valence-corrected chi connectivity index (χ3v) is 3.55. The van der Waals surface area contributed by atoms with Gasteiger partial charge in [0.2, 0.25) is 5.89 Å². The number of fused-ring (bicyclic) bond motifs is 1. The first-order valence-electron chi connectivity index (χ1n) is 6.62. The summed E-state index contributed by atoms with van der Waals surface area (Å²) in [6, 6.07) is 7.89. The Bertz CT molecular complexity index is 638. The molecule has 6 heteroatoms. The van der Waals surface area contributed by atoms with Gasteiger partial charge in [-0.2, -0.15) is 4.98 Å². The average Bonchev–Trinajstić information content (AvgIpc) is 3.04. The van der Waals surface area contributed by atoms with Crippen LogP contribution in [0.2, 0.25) is 0 Å². The summed E-state index contributed by atoms with van der Waals surface area (Å²) in [5, 5.41) is 3.70. The number of carbonyl (C=O) groups excluding carboxylic acids is 1. The molecule has 0 spiro atoms. The third kappa shape index (κ3) is 2.08. The second kappa shape index (κ2) is 5.05. The van der Waals surface area contributed by atoms with E-state index in [-0.39, 0.29) is 17.6 Å². The lowest BCUT2D eigenvalue weighted by molar-refractivity contribution is 0.0975. The minimum atomic E-state index is -0.228. The quantitative estimate of drug-likeness (QED) is 0.914. The van der Waals surface area contributed by atoms with E-state index in [9.17, 15) is 4.79 Å². The van der Waals surface area contributed by atoms with Gasteiger partial charge in [0.1, 0.15) is 0 Å². The highest BCUT2D eigenvalue weighted by Gasteiger charge is 2.33. The van der Waals surface area contributed by atoms with Crippen LogP contribution in [0.3, 0.4) is 0 Å². The topological polar surface area (TPSA) is 85.2 Å². The fourth-order valence-electron chi connectivity index (χ4n) is 2.64. The van der Waals surface area contributed by atoms with Gasteiger partial charge in [0.05, 0.1) is 0 Å². The molecule has 1 unspecified atom stereocenters. The van der Waals surface area contributed by atoms with E-state index in [1.54, 1.807) is 11.8 Å². The van der Waals surface area contributed by atoms with Gasteiger partial charge in [0, 0.05) is 25.1 Å². The van der Waals surface area contributed by atoms with Crippen LogP contribution in [-0.4, -0.2) is 29.1 Å². The summed E-state index contributed by atoms with van der Waals surface area (Å²) in [6.45, 7) is 2.88. The number of rotatable bonds is 3. The highest BCUT2D eigenvalue weighted by atomic mass is 16.5. The number of hydrogen-bond acceptors (Lipinski definition) is 5. The first kappa shape index (κ1) is 12.8. The van der Waals surface area contributed by atoms with E-state index in [0.29, 0.717) is 19.0 Å². The Morgan fingerprint density at radius 2 is 2.30 bits per heavy atom. The van der Waals surface area contributed by atoms with Crippen molar-refractivity contribution in [2.75, 3.05) is 18.0 Å². The number of para-hydroxylation sites is 1. The van der Waals surface area contributed by atoms with Crippen LogP contribution in [0.25, 0.3) is 0 Å². The van der Waals surface area contributed by atoms with Gasteiger partial charge in [-0.25, -0.2) is 0 Å². The van der Waals surface area contributed by atoms with Crippen LogP contribution in [0.5, 0.6) is 0 Å². The molecule has 0 bridgehead atoms. The smallest absolute Gasteiger partial charge is 0.299 e. The summed E-state index contributed by atoms with van der Waals surface area (Å²) in [5.74, 6) is 0.534. The van der Waals surface area contributed by atoms with Crippen LogP contribution in [-0.2, 0) is 0 Å². The first-order chi connectivity index (χ1) is 9.70. The largest absolute Gasteiger partial charge is 0.339 e. The van der Waals surface area contributed by atoms with Crippen molar-refractivity contribution in [2.45, 2.75) is 19.3 Å². The highest BCUT2D eigenvalue weighted by molar-refractivity contribution is 6.05. The third-order valence-electron chi connectivity index (χ3n) is 3.55. The molecular formula is C14H16N4O2. The molecule has 6 nitrogen and oxygen atoms in total. The van der Waals surface area contributed by atoms with Gasteiger partial charge in [-0.05, 0) is 24.6 Å². The van der Waals surface area contributed by atoms with E-state index in [2.05, 4.69) is 10.1 Å². The fourth-order valence-corrected chi connectivity index (χ4v) is 2.64. The van der Waals surface area contributed by atoms with Gasteiger partial charge < -0.3 is 15.2 Å². The van der Waals surface area contributed by atoms with Crippen molar-refractivity contribution in [3.8, 4) is 0 Å². The van der Waals surface area contributed by atoms with Gasteiger partial charge in [0.25, 0.3) is 11.7 Å². The standard InChI is InChI=1S/C14H16N4O2/c1-9-16-13(17-20-9)14(19)18-8-10(6-7-15)11-4-2-3-5-12(11)18/h2-5,10H,6-8,15H2,1H3. The number of benzene rings is 1. The molecule has 104 valence electrons. The van der Waals surface area contributed by atoms with Gasteiger partial charge in [0.15, 0.2) is 0 Å². The number of anilines is 1. The molecule has 0 saturated heterocycles. The average molecular weight is 272 g/mol. The normalized spacial score (nSPS) is 17.3. The number of hydrogen-bond donors (Lipinski definition) is 1. The van der Waals surface area contributed by atoms with Crippen molar-refractivity contribution < 1.29 is 9.32 Å². The monoisotopic (exact) mass is 272 g/mol. The maximum absolute atomic E-state index is 12.5. The number of nitrogens with two attached hydrogens (primary N) is 1. The lowest BCUT2D eigenvalue weighted by Gasteiger charge is -2.15. The van der Waals surface area contributed by atoms with E-state index >= 15 is 0 Å². The maximum Gasteiger partial charge on any atom is 0.299 e. The van der Waals surface area contributed by atoms with E-state index < -0.39 is 0 Å². The summed E-state index contributed by atoms with van der Waals surface area (Å²) in [4.78, 5) is 18.2. The predicted molar refractivity (Wildman–Crippen MR) is 73.6 cm³/mol. The molecule has 1 aromatic carbocycles. The summed E-state index contributed by atoms with van der Waals surface area (Å²) in [7, 11) is 0. The van der Waals surface area contributed by atoms with Crippen LogP contribution in [0.15, 0.2) is 28.8 Å². The molecule has 2 heterocycles. The number of aromatic nitrogens is 2. The second-order valence-corrected chi connectivity index (χ2v) is 4.89. The molecule has 20 heavy (non-hydrogen) atoms. The number of aryl methyl sites for hydroxylation is 1. The zero-order valence-electron chi connectivity index (χ0n) is 11.2. The number of nitrogens with zero attached hydrogens (tertiary/aromatic N) is 3. The Hall–Kier alpha value is -2.21. The Morgan fingerprint density at radius 3 is 3.00 bits per heavy atom. The van der Waals surface area contributed by atoms with E-state index in [1.807, 2.05) is 24.3 Å². The molecule has 0 saturated carbocycles. The van der Waals surface area contributed by atoms with Crippen molar-refractivity contribution >= 4 is 11.6 Å². The van der Waals surface area contributed by atoms with E-state index in [1.165, 1.54) is 0 Å². The summed E-state index contributed by atoms with van der Waals surface area (Å²) in [5.41, 5.74) is 7.73. The lowest BCUT2D eigenvalue weighted by Crippen LogP contribution is -2.31. The van der Waals surface area contributed by atoms with E-state index in [4.69, 9.17) is 10.3 Å². The van der Waals surface area contributed by atoms with Crippen LogP contribution < -0.4 is 10.6 Å². The molecule has 1 aromatic heterocycles. The molecular weight excluding hydrogens is 256 g/mol. The predicted octanol–water partition coefficient (Wildman–Crippen LogP) is 1.47. The van der Waals surface area contributed by atoms with E-state index in [0.717, 1.165) is 17.7 Å². The Labute approximate surface area is 116 Å². The SMILES string of the molecule is Cc1nc(C(=O)N2CC(CCN)c3ccccc32)no1. The number of amides is 1. The Kier molecular flexibility index (Phi) is 3.23. The molecule has 1 aliphatic heterocycles. The molecule has 0 fully saturated rings. The highest BCUT2D eigenvalue weighted by Crippen LogP contribution is 2.38. The minimum absolute atomic E-state index is 0.103. The number of carbonyl (C=O) groups is 1. The van der Waals surface area contributed by atoms with Crippen molar-refractivity contribution in [2.24, 2.45) is 5.73 Å². The fraction of sp³-hybridized carbons (Fsp3) is 0.357. The molecule has 0 aliphatic carbocycles. The molecule has 1 aliphatic rings. The van der Waals surface area contributed by atoms with Crippen molar-refractivity contribution in [3.05, 3.63) is 41.5 Å². The Balaban J connectivity index is 1.93. The van der Waals surface area contributed by atoms with Gasteiger partial charge >= 0.3 is 0 Å². The first-order valence-corrected chi connectivity index (χ1v) is 6.62. The van der Waals surface area contributed by atoms with Crippen molar-refractivity contribution in [3.63, 3.8) is 0 Å². The van der Waals surface area contributed by atoms with Crippen LogP contribution >= 0.6 is 0 Å². The van der Waals surface area contributed by atoms with Crippen LogP contribution in [0, 0.1) is 6.92 Å². The van der Waals surface area contributed by atoms with Gasteiger partial charge in [-0.1, -0.05) is 23.4 Å². The molecule has 0 radical (unpaired) electrons. The molecule has 2 aromatic rings. The van der Waals surface area contributed by atoms with Crippen molar-refractivity contribution in [1.29, 1.82) is 0 Å². The molecule has 2 N–H and O–H groups in total. The molecule has 1 amide bonds. The zero-order chi connectivity index (χ0) is 14.1. The summed E-state index contributed by atoms with van der Waals surface area (Å²) >= 11 is 0. The summed E-state index contributed by atoms with van der Waals surface area (Å²) in [6.07, 6.45) is 0.853. The maximum atomic E-state index is 12.5. The zero-order valence-corrected chi connectivity index (χ0v) is 11.2. The van der Waals surface area contributed by atoms with Crippen molar-refractivity contribution in [1.82, 2.24) is 10.1 Å². The Morgan fingerprint density at radius 1 is 1.50 bits per heavy atom. The van der Waals surface area contributed by atoms with Crippen LogP contribution in [0.1, 0.15) is 34.4 Å². The molecule has 1 atom stereocenters. The van der Waals surface area contributed by atoms with Gasteiger partial charge in [-0.15, -0.1) is 0 Å². The van der Waals surface area contributed by atoms with Crippen LogP contribution in [0.4, 0.5) is 5.69 Å². The lowest BCUT2D eigenvalue weighted by atomic mass is 9.98.